The maximum Gasteiger partial charge on any atom is 0.231 e. The van der Waals surface area contributed by atoms with Crippen LogP contribution in [-0.2, 0) is 11.2 Å². The Bertz CT molecular complexity index is 660. The summed E-state index contributed by atoms with van der Waals surface area (Å²) in [5.41, 5.74) is 4.39. The molecule has 1 aliphatic rings. The van der Waals surface area contributed by atoms with Gasteiger partial charge in [-0.25, -0.2) is 0 Å². The second-order valence-electron chi connectivity index (χ2n) is 5.17. The van der Waals surface area contributed by atoms with Crippen molar-refractivity contribution in [1.82, 2.24) is 5.32 Å². The molecular weight excluding hydrogens is 252 g/mol. The zero-order valence-corrected chi connectivity index (χ0v) is 11.9. The van der Waals surface area contributed by atoms with E-state index in [1.807, 2.05) is 33.2 Å². The third kappa shape index (κ3) is 1.93. The Hall–Kier alpha value is -2.07. The van der Waals surface area contributed by atoms with E-state index in [0.717, 1.165) is 28.1 Å². The monoisotopic (exact) mass is 270 g/mol. The molecule has 2 heterocycles. The van der Waals surface area contributed by atoms with E-state index >= 15 is 0 Å². The summed E-state index contributed by atoms with van der Waals surface area (Å²) >= 11 is 0. The molecule has 2 aromatic rings. The summed E-state index contributed by atoms with van der Waals surface area (Å²) in [5, 5.41) is 3.32. The number of nitrogens with zero attached hydrogens (tertiary/aromatic N) is 1. The van der Waals surface area contributed by atoms with Gasteiger partial charge in [0, 0.05) is 18.3 Å². The summed E-state index contributed by atoms with van der Waals surface area (Å²) in [6, 6.07) is 8.28. The topological polar surface area (TPSA) is 45.5 Å². The van der Waals surface area contributed by atoms with Crippen molar-refractivity contribution in [3.8, 4) is 0 Å². The number of carbonyl (C=O) groups is 1. The quantitative estimate of drug-likeness (QED) is 0.931. The van der Waals surface area contributed by atoms with E-state index in [-0.39, 0.29) is 11.9 Å². The van der Waals surface area contributed by atoms with Gasteiger partial charge in [0.15, 0.2) is 0 Å². The maximum absolute atomic E-state index is 11.8. The molecule has 20 heavy (non-hydrogen) atoms. The van der Waals surface area contributed by atoms with Crippen LogP contribution in [-0.4, -0.2) is 20.0 Å². The molecule has 1 atom stereocenters. The molecule has 1 amide bonds. The third-order valence-electron chi connectivity index (χ3n) is 4.01. The largest absolute Gasteiger partial charge is 0.469 e. The second kappa shape index (κ2) is 4.80. The molecule has 0 aliphatic carbocycles. The van der Waals surface area contributed by atoms with Crippen LogP contribution >= 0.6 is 0 Å². The van der Waals surface area contributed by atoms with Gasteiger partial charge in [-0.05, 0) is 37.2 Å². The van der Waals surface area contributed by atoms with Crippen LogP contribution in [0.3, 0.4) is 0 Å². The van der Waals surface area contributed by atoms with E-state index in [1.54, 1.807) is 11.2 Å². The number of furan rings is 1. The molecule has 4 heteroatoms. The highest BCUT2D eigenvalue weighted by molar-refractivity contribution is 6.00. The number of fused-ring (bicyclic) bond motifs is 1. The van der Waals surface area contributed by atoms with Crippen molar-refractivity contribution in [3.63, 3.8) is 0 Å². The maximum atomic E-state index is 11.8. The third-order valence-corrected chi connectivity index (χ3v) is 4.01. The highest BCUT2D eigenvalue weighted by Crippen LogP contribution is 2.32. The van der Waals surface area contributed by atoms with Gasteiger partial charge in [0.25, 0.3) is 0 Å². The average molecular weight is 270 g/mol. The van der Waals surface area contributed by atoms with E-state index in [0.29, 0.717) is 6.42 Å². The van der Waals surface area contributed by atoms with E-state index in [2.05, 4.69) is 17.4 Å². The van der Waals surface area contributed by atoms with Crippen LogP contribution in [0, 0.1) is 6.92 Å². The summed E-state index contributed by atoms with van der Waals surface area (Å²) in [7, 11) is 3.76. The van der Waals surface area contributed by atoms with Crippen LogP contribution in [0.2, 0.25) is 0 Å². The Morgan fingerprint density at radius 3 is 2.80 bits per heavy atom. The van der Waals surface area contributed by atoms with E-state index in [9.17, 15) is 4.79 Å². The van der Waals surface area contributed by atoms with E-state index in [4.69, 9.17) is 4.42 Å². The lowest BCUT2D eigenvalue weighted by Crippen LogP contribution is -2.20. The zero-order chi connectivity index (χ0) is 14.3. The Morgan fingerprint density at radius 2 is 2.15 bits per heavy atom. The smallest absolute Gasteiger partial charge is 0.231 e. The van der Waals surface area contributed by atoms with Crippen LogP contribution in [0.25, 0.3) is 0 Å². The van der Waals surface area contributed by atoms with Gasteiger partial charge >= 0.3 is 0 Å². The fourth-order valence-electron chi connectivity index (χ4n) is 2.87. The first kappa shape index (κ1) is 12.9. The van der Waals surface area contributed by atoms with E-state index < -0.39 is 0 Å². The summed E-state index contributed by atoms with van der Waals surface area (Å²) in [6.45, 7) is 1.96. The number of anilines is 1. The summed E-state index contributed by atoms with van der Waals surface area (Å²) < 4.78 is 5.39. The van der Waals surface area contributed by atoms with Gasteiger partial charge in [-0.3, -0.25) is 4.79 Å². The van der Waals surface area contributed by atoms with Gasteiger partial charge in [0.05, 0.1) is 18.7 Å². The van der Waals surface area contributed by atoms with Gasteiger partial charge in [0.1, 0.15) is 5.76 Å². The molecule has 0 saturated carbocycles. The molecule has 3 rings (SSSR count). The Labute approximate surface area is 118 Å². The molecule has 4 nitrogen and oxygen atoms in total. The lowest BCUT2D eigenvalue weighted by molar-refractivity contribution is -0.117. The molecule has 0 spiro atoms. The van der Waals surface area contributed by atoms with Gasteiger partial charge in [0.2, 0.25) is 5.91 Å². The van der Waals surface area contributed by atoms with Crippen LogP contribution in [0.1, 0.15) is 28.5 Å². The van der Waals surface area contributed by atoms with Gasteiger partial charge < -0.3 is 14.6 Å². The number of nitrogens with one attached hydrogen (secondary N) is 1. The fraction of sp³-hybridized carbons (Fsp3) is 0.312. The van der Waals surface area contributed by atoms with Crippen molar-refractivity contribution < 1.29 is 9.21 Å². The summed E-state index contributed by atoms with van der Waals surface area (Å²) in [4.78, 5) is 13.5. The summed E-state index contributed by atoms with van der Waals surface area (Å²) in [6.07, 6.45) is 2.19. The Balaban J connectivity index is 2.01. The number of likely N-dealkylation sites (N-methyl/N-ethyl adjacent to an activating group) is 1. The van der Waals surface area contributed by atoms with Crippen molar-refractivity contribution in [2.45, 2.75) is 19.4 Å². The van der Waals surface area contributed by atoms with Crippen molar-refractivity contribution in [2.24, 2.45) is 0 Å². The Kier molecular flexibility index (Phi) is 3.10. The van der Waals surface area contributed by atoms with Crippen LogP contribution in [0.5, 0.6) is 0 Å². The van der Waals surface area contributed by atoms with Gasteiger partial charge in [-0.15, -0.1) is 0 Å². The normalized spacial score (nSPS) is 15.6. The molecule has 1 aliphatic heterocycles. The molecule has 1 aromatic heterocycles. The van der Waals surface area contributed by atoms with Crippen LogP contribution < -0.4 is 10.2 Å². The van der Waals surface area contributed by atoms with Gasteiger partial charge in [-0.2, -0.15) is 0 Å². The lowest BCUT2D eigenvalue weighted by Gasteiger charge is -2.18. The predicted molar refractivity (Wildman–Crippen MR) is 77.9 cm³/mol. The molecular formula is C16H18N2O2. The molecule has 0 bridgehead atoms. The first-order valence-electron chi connectivity index (χ1n) is 6.72. The van der Waals surface area contributed by atoms with Crippen molar-refractivity contribution in [3.05, 3.63) is 53.0 Å². The molecule has 1 aromatic carbocycles. The minimum absolute atomic E-state index is 0.0834. The number of rotatable bonds is 3. The van der Waals surface area contributed by atoms with Crippen LogP contribution in [0.15, 0.2) is 34.9 Å². The summed E-state index contributed by atoms with van der Waals surface area (Å²) in [5.74, 6) is 1.07. The molecule has 0 fully saturated rings. The SMILES string of the molecule is CNC(c1ccc2c(c1)CC(=O)N2C)c1ccoc1C. The standard InChI is InChI=1S/C16H18N2O2/c1-10-13(6-7-20-10)16(17-2)11-4-5-14-12(8-11)9-15(19)18(14)3/h4-8,16-17H,9H2,1-3H3. The predicted octanol–water partition coefficient (Wildman–Crippen LogP) is 2.42. The first-order chi connectivity index (χ1) is 9.61. The fourth-order valence-corrected chi connectivity index (χ4v) is 2.87. The molecule has 1 N–H and O–H groups in total. The van der Waals surface area contributed by atoms with Crippen molar-refractivity contribution >= 4 is 11.6 Å². The lowest BCUT2D eigenvalue weighted by atomic mass is 9.97. The zero-order valence-electron chi connectivity index (χ0n) is 11.9. The number of amides is 1. The molecule has 0 radical (unpaired) electrons. The van der Waals surface area contributed by atoms with Crippen molar-refractivity contribution in [1.29, 1.82) is 0 Å². The minimum Gasteiger partial charge on any atom is -0.469 e. The number of aryl methyl sites for hydroxylation is 1. The minimum atomic E-state index is 0.0834. The second-order valence-corrected chi connectivity index (χ2v) is 5.17. The number of benzene rings is 1. The highest BCUT2D eigenvalue weighted by Gasteiger charge is 2.25. The first-order valence-corrected chi connectivity index (χ1v) is 6.72. The van der Waals surface area contributed by atoms with E-state index in [1.165, 1.54) is 0 Å². The molecule has 1 unspecified atom stereocenters. The number of hydrogen-bond donors (Lipinski definition) is 1. The molecule has 104 valence electrons. The molecule has 0 saturated heterocycles. The van der Waals surface area contributed by atoms with Gasteiger partial charge in [-0.1, -0.05) is 12.1 Å². The van der Waals surface area contributed by atoms with Crippen molar-refractivity contribution in [2.75, 3.05) is 19.0 Å². The number of hydrogen-bond acceptors (Lipinski definition) is 3. The van der Waals surface area contributed by atoms with Crippen LogP contribution in [0.4, 0.5) is 5.69 Å². The average Bonchev–Trinajstić information content (AvgIpc) is 2.96. The highest BCUT2D eigenvalue weighted by atomic mass is 16.3. The Morgan fingerprint density at radius 1 is 1.35 bits per heavy atom. The number of carbonyl (C=O) groups excluding carboxylic acids is 1.